The van der Waals surface area contributed by atoms with Crippen molar-refractivity contribution in [2.45, 2.75) is 52.1 Å². The molecule has 0 saturated heterocycles. The summed E-state index contributed by atoms with van der Waals surface area (Å²) in [4.78, 5) is 7.73. The molecule has 5 heteroatoms. The third-order valence-electron chi connectivity index (χ3n) is 4.24. The van der Waals surface area contributed by atoms with Crippen LogP contribution >= 0.6 is 11.3 Å². The highest BCUT2D eigenvalue weighted by molar-refractivity contribution is 7.15. The molecule has 0 spiro atoms. The van der Waals surface area contributed by atoms with Crippen molar-refractivity contribution < 1.29 is 4.74 Å². The van der Waals surface area contributed by atoms with E-state index in [1.165, 1.54) is 30.6 Å². The van der Waals surface area contributed by atoms with Gasteiger partial charge < -0.3 is 15.0 Å². The lowest BCUT2D eigenvalue weighted by atomic mass is 9.73. The third kappa shape index (κ3) is 3.44. The summed E-state index contributed by atoms with van der Waals surface area (Å²) in [7, 11) is 5.72. The highest BCUT2D eigenvalue weighted by Crippen LogP contribution is 2.36. The summed E-state index contributed by atoms with van der Waals surface area (Å²) in [6, 6.07) is 0.589. The molecule has 0 aliphatic heterocycles. The molecule has 1 atom stereocenters. The van der Waals surface area contributed by atoms with Crippen LogP contribution < -0.4 is 15.0 Å². The average Bonchev–Trinajstić information content (AvgIpc) is 2.80. The molecule has 2 rings (SSSR count). The Hall–Kier alpha value is -0.810. The van der Waals surface area contributed by atoms with Crippen LogP contribution in [0.4, 0.5) is 5.13 Å². The molecule has 0 amide bonds. The SMILES string of the molecule is COc1nc(N(C)C)sc1CNC1CCCCC1(C)C. The summed E-state index contributed by atoms with van der Waals surface area (Å²) in [6.45, 7) is 5.60. The minimum absolute atomic E-state index is 0.389. The molecular formula is C15H27N3OS. The van der Waals surface area contributed by atoms with Crippen LogP contribution in [0.25, 0.3) is 0 Å². The topological polar surface area (TPSA) is 37.4 Å². The van der Waals surface area contributed by atoms with Gasteiger partial charge in [-0.25, -0.2) is 0 Å². The molecule has 4 nitrogen and oxygen atoms in total. The Balaban J connectivity index is 2.03. The fourth-order valence-electron chi connectivity index (χ4n) is 2.88. The van der Waals surface area contributed by atoms with Gasteiger partial charge in [0.15, 0.2) is 5.13 Å². The van der Waals surface area contributed by atoms with Crippen molar-refractivity contribution in [2.75, 3.05) is 26.1 Å². The maximum absolute atomic E-state index is 5.40. The van der Waals surface area contributed by atoms with Gasteiger partial charge in [-0.2, -0.15) is 4.98 Å². The van der Waals surface area contributed by atoms with E-state index >= 15 is 0 Å². The summed E-state index contributed by atoms with van der Waals surface area (Å²) < 4.78 is 5.40. The zero-order valence-electron chi connectivity index (χ0n) is 13.3. The van der Waals surface area contributed by atoms with Crippen molar-refractivity contribution in [1.29, 1.82) is 0 Å². The molecule has 1 heterocycles. The Morgan fingerprint density at radius 3 is 2.75 bits per heavy atom. The van der Waals surface area contributed by atoms with Crippen molar-refractivity contribution in [3.63, 3.8) is 0 Å². The van der Waals surface area contributed by atoms with E-state index < -0.39 is 0 Å². The minimum Gasteiger partial charge on any atom is -0.480 e. The first-order chi connectivity index (χ1) is 9.44. The van der Waals surface area contributed by atoms with Gasteiger partial charge in [-0.05, 0) is 18.3 Å². The molecule has 1 N–H and O–H groups in total. The Labute approximate surface area is 126 Å². The largest absolute Gasteiger partial charge is 0.480 e. The minimum atomic E-state index is 0.389. The van der Waals surface area contributed by atoms with E-state index in [1.54, 1.807) is 18.4 Å². The van der Waals surface area contributed by atoms with Gasteiger partial charge in [0.1, 0.15) is 0 Å². The van der Waals surface area contributed by atoms with Crippen molar-refractivity contribution >= 4 is 16.5 Å². The summed E-state index contributed by atoms with van der Waals surface area (Å²) in [6.07, 6.45) is 5.28. The fourth-order valence-corrected chi connectivity index (χ4v) is 3.78. The summed E-state index contributed by atoms with van der Waals surface area (Å²) in [5.74, 6) is 0.764. The van der Waals surface area contributed by atoms with Crippen LogP contribution in [0.3, 0.4) is 0 Å². The van der Waals surface area contributed by atoms with Crippen LogP contribution in [0.1, 0.15) is 44.4 Å². The Morgan fingerprint density at radius 1 is 1.40 bits per heavy atom. The lowest BCUT2D eigenvalue weighted by Gasteiger charge is -2.39. The zero-order valence-corrected chi connectivity index (χ0v) is 14.1. The third-order valence-corrected chi connectivity index (χ3v) is 5.45. The standard InChI is InChI=1S/C15H27N3OS/c1-15(2)9-7-6-8-12(15)16-10-11-13(19-5)17-14(20-11)18(3)4/h12,16H,6-10H2,1-5H3. The van der Waals surface area contributed by atoms with Crippen molar-refractivity contribution in [3.8, 4) is 5.88 Å². The maximum atomic E-state index is 5.40. The predicted octanol–water partition coefficient (Wildman–Crippen LogP) is 3.28. The van der Waals surface area contributed by atoms with E-state index in [0.717, 1.165) is 17.6 Å². The van der Waals surface area contributed by atoms with Gasteiger partial charge in [-0.3, -0.25) is 0 Å². The van der Waals surface area contributed by atoms with Crippen LogP contribution in [-0.2, 0) is 6.54 Å². The monoisotopic (exact) mass is 297 g/mol. The Bertz CT molecular complexity index is 442. The second-order valence-electron chi connectivity index (χ2n) is 6.49. The number of ether oxygens (including phenoxy) is 1. The quantitative estimate of drug-likeness (QED) is 0.905. The second kappa shape index (κ2) is 6.31. The second-order valence-corrected chi connectivity index (χ2v) is 7.55. The number of nitrogens with one attached hydrogen (secondary N) is 1. The molecule has 1 aromatic rings. The molecule has 1 aliphatic carbocycles. The number of hydrogen-bond acceptors (Lipinski definition) is 5. The van der Waals surface area contributed by atoms with Crippen LogP contribution in [0.5, 0.6) is 5.88 Å². The number of anilines is 1. The Kier molecular flexibility index (Phi) is 4.91. The van der Waals surface area contributed by atoms with Gasteiger partial charge >= 0.3 is 0 Å². The number of thiazole rings is 1. The number of methoxy groups -OCH3 is 1. The average molecular weight is 297 g/mol. The summed E-state index contributed by atoms with van der Waals surface area (Å²) in [5.41, 5.74) is 0.389. The molecule has 0 bridgehead atoms. The van der Waals surface area contributed by atoms with Crippen molar-refractivity contribution in [1.82, 2.24) is 10.3 Å². The zero-order chi connectivity index (χ0) is 14.8. The fraction of sp³-hybridized carbons (Fsp3) is 0.800. The van der Waals surface area contributed by atoms with Crippen molar-refractivity contribution in [2.24, 2.45) is 5.41 Å². The van der Waals surface area contributed by atoms with Gasteiger partial charge in [0.05, 0.1) is 12.0 Å². The van der Waals surface area contributed by atoms with E-state index in [1.807, 2.05) is 19.0 Å². The van der Waals surface area contributed by atoms with Gasteiger partial charge in [0, 0.05) is 26.7 Å². The molecule has 114 valence electrons. The van der Waals surface area contributed by atoms with Crippen LogP contribution in [0, 0.1) is 5.41 Å². The molecule has 1 unspecified atom stereocenters. The van der Waals surface area contributed by atoms with Crippen molar-refractivity contribution in [3.05, 3.63) is 4.88 Å². The molecule has 1 fully saturated rings. The van der Waals surface area contributed by atoms with E-state index in [-0.39, 0.29) is 0 Å². The number of nitrogens with zero attached hydrogens (tertiary/aromatic N) is 2. The van der Waals surface area contributed by atoms with Gasteiger partial charge in [0.25, 0.3) is 0 Å². The highest BCUT2D eigenvalue weighted by atomic mass is 32.1. The molecular weight excluding hydrogens is 270 g/mol. The van der Waals surface area contributed by atoms with Crippen LogP contribution in [0.2, 0.25) is 0 Å². The van der Waals surface area contributed by atoms with E-state index in [9.17, 15) is 0 Å². The highest BCUT2D eigenvalue weighted by Gasteiger charge is 2.32. The molecule has 20 heavy (non-hydrogen) atoms. The summed E-state index contributed by atoms with van der Waals surface area (Å²) in [5, 5.41) is 4.73. The first-order valence-electron chi connectivity index (χ1n) is 7.38. The van der Waals surface area contributed by atoms with E-state index in [4.69, 9.17) is 4.74 Å². The van der Waals surface area contributed by atoms with Crippen LogP contribution in [-0.4, -0.2) is 32.2 Å². The van der Waals surface area contributed by atoms with Gasteiger partial charge in [-0.1, -0.05) is 38.0 Å². The maximum Gasteiger partial charge on any atom is 0.230 e. The number of aromatic nitrogens is 1. The first-order valence-corrected chi connectivity index (χ1v) is 8.20. The van der Waals surface area contributed by atoms with Crippen LogP contribution in [0.15, 0.2) is 0 Å². The van der Waals surface area contributed by atoms with E-state index in [2.05, 4.69) is 24.1 Å². The molecule has 1 aliphatic rings. The number of hydrogen-bond donors (Lipinski definition) is 1. The smallest absolute Gasteiger partial charge is 0.230 e. The molecule has 0 radical (unpaired) electrons. The molecule has 1 aromatic heterocycles. The molecule has 0 aromatic carbocycles. The Morgan fingerprint density at radius 2 is 2.15 bits per heavy atom. The summed E-state index contributed by atoms with van der Waals surface area (Å²) >= 11 is 1.71. The van der Waals surface area contributed by atoms with E-state index in [0.29, 0.717) is 11.5 Å². The lowest BCUT2D eigenvalue weighted by molar-refractivity contribution is 0.166. The number of rotatable bonds is 5. The van der Waals surface area contributed by atoms with Gasteiger partial charge in [-0.15, -0.1) is 0 Å². The first kappa shape index (κ1) is 15.6. The van der Waals surface area contributed by atoms with Gasteiger partial charge in [0.2, 0.25) is 5.88 Å². The lowest BCUT2D eigenvalue weighted by Crippen LogP contribution is -2.43. The predicted molar refractivity (Wildman–Crippen MR) is 85.9 cm³/mol. The molecule has 1 saturated carbocycles. The normalized spacial score (nSPS) is 21.8.